The molecule has 0 spiro atoms. The van der Waals surface area contributed by atoms with Gasteiger partial charge in [0.2, 0.25) is 0 Å². The third-order valence-electron chi connectivity index (χ3n) is 6.54. The summed E-state index contributed by atoms with van der Waals surface area (Å²) in [6, 6.07) is 20.8. The Kier molecular flexibility index (Phi) is 5.76. The summed E-state index contributed by atoms with van der Waals surface area (Å²) in [5.74, 6) is 0. The molecule has 3 aromatic rings. The minimum Gasteiger partial charge on any atom is -0.272 e. The number of thiazole rings is 1. The molecule has 0 amide bonds. The van der Waals surface area contributed by atoms with Crippen molar-refractivity contribution < 1.29 is 0 Å². The zero-order valence-electron chi connectivity index (χ0n) is 19.1. The molecule has 6 heteroatoms. The number of benzene rings is 2. The highest BCUT2D eigenvalue weighted by Gasteiger charge is 2.33. The van der Waals surface area contributed by atoms with Crippen LogP contribution >= 0.6 is 34.9 Å². The lowest BCUT2D eigenvalue weighted by atomic mass is 9.84. The Morgan fingerprint density at radius 3 is 2.32 bits per heavy atom. The number of fused-ring (bicyclic) bond motifs is 1. The SMILES string of the molecule is CC1=C(C)SC(=c2sc3n(c2=O)[C@@H](c2ccccc2)C2=C(N=3)/C(=C/c3ccccc3)CCC2)S1. The second-order valence-corrected chi connectivity index (χ2v) is 12.4. The fourth-order valence-electron chi connectivity index (χ4n) is 4.80. The van der Waals surface area contributed by atoms with Crippen LogP contribution in [0.1, 0.15) is 50.3 Å². The highest BCUT2D eigenvalue weighted by Crippen LogP contribution is 2.49. The maximum atomic E-state index is 13.9. The first-order chi connectivity index (χ1) is 16.6. The third-order valence-corrected chi connectivity index (χ3v) is 10.5. The molecule has 1 aliphatic carbocycles. The van der Waals surface area contributed by atoms with E-state index in [1.54, 1.807) is 34.9 Å². The number of aromatic nitrogens is 1. The van der Waals surface area contributed by atoms with E-state index in [0.29, 0.717) is 0 Å². The first kappa shape index (κ1) is 22.0. The molecular weight excluding hydrogens is 477 g/mol. The van der Waals surface area contributed by atoms with Crippen LogP contribution in [0.25, 0.3) is 10.3 Å². The van der Waals surface area contributed by atoms with Gasteiger partial charge in [0, 0.05) is 0 Å². The van der Waals surface area contributed by atoms with Gasteiger partial charge in [-0.25, -0.2) is 4.99 Å². The zero-order chi connectivity index (χ0) is 23.2. The Morgan fingerprint density at radius 2 is 1.62 bits per heavy atom. The quantitative estimate of drug-likeness (QED) is 0.405. The summed E-state index contributed by atoms with van der Waals surface area (Å²) in [4.78, 5) is 22.4. The van der Waals surface area contributed by atoms with E-state index < -0.39 is 0 Å². The number of allylic oxidation sites excluding steroid dienone is 4. The maximum absolute atomic E-state index is 13.9. The summed E-state index contributed by atoms with van der Waals surface area (Å²) in [6.07, 6.45) is 5.31. The monoisotopic (exact) mass is 500 g/mol. The summed E-state index contributed by atoms with van der Waals surface area (Å²) < 4.78 is 3.86. The molecule has 1 atom stereocenters. The van der Waals surface area contributed by atoms with Crippen molar-refractivity contribution in [3.05, 3.63) is 118 Å². The lowest BCUT2D eigenvalue weighted by Gasteiger charge is -2.31. The fourth-order valence-corrected chi connectivity index (χ4v) is 8.54. The molecule has 0 saturated heterocycles. The number of hydrogen-bond acceptors (Lipinski definition) is 5. The van der Waals surface area contributed by atoms with E-state index in [9.17, 15) is 4.79 Å². The molecule has 0 saturated carbocycles. The van der Waals surface area contributed by atoms with Crippen molar-refractivity contribution >= 4 is 45.2 Å². The molecule has 3 nitrogen and oxygen atoms in total. The van der Waals surface area contributed by atoms with E-state index in [2.05, 4.69) is 68.5 Å². The Morgan fingerprint density at radius 1 is 0.941 bits per heavy atom. The van der Waals surface area contributed by atoms with Crippen LogP contribution in [0.2, 0.25) is 0 Å². The summed E-state index contributed by atoms with van der Waals surface area (Å²) in [5, 5.41) is 0. The van der Waals surface area contributed by atoms with Crippen molar-refractivity contribution in [1.82, 2.24) is 4.57 Å². The summed E-state index contributed by atoms with van der Waals surface area (Å²) >= 11 is 4.98. The second-order valence-electron chi connectivity index (χ2n) is 8.73. The molecule has 0 unspecified atom stereocenters. The van der Waals surface area contributed by atoms with Gasteiger partial charge in [-0.2, -0.15) is 0 Å². The normalized spacial score (nSPS) is 21.1. The Bertz CT molecular complexity index is 1540. The van der Waals surface area contributed by atoms with Gasteiger partial charge in [-0.1, -0.05) is 95.5 Å². The number of nitrogens with zero attached hydrogens (tertiary/aromatic N) is 2. The van der Waals surface area contributed by atoms with Crippen molar-refractivity contribution in [2.45, 2.75) is 39.2 Å². The molecule has 3 heterocycles. The molecule has 2 aromatic carbocycles. The van der Waals surface area contributed by atoms with E-state index in [0.717, 1.165) is 44.1 Å². The van der Waals surface area contributed by atoms with Crippen molar-refractivity contribution in [2.75, 3.05) is 0 Å². The lowest BCUT2D eigenvalue weighted by Crippen LogP contribution is -2.39. The van der Waals surface area contributed by atoms with Gasteiger partial charge in [0.05, 0.1) is 16.0 Å². The van der Waals surface area contributed by atoms with Gasteiger partial charge in [-0.3, -0.25) is 9.36 Å². The lowest BCUT2D eigenvalue weighted by molar-refractivity contribution is 0.553. The molecule has 170 valence electrons. The zero-order valence-corrected chi connectivity index (χ0v) is 21.5. The molecule has 3 aliphatic rings. The van der Waals surface area contributed by atoms with E-state index >= 15 is 0 Å². The predicted octanol–water partition coefficient (Wildman–Crippen LogP) is 6.45. The van der Waals surface area contributed by atoms with Crippen molar-refractivity contribution in [1.29, 1.82) is 0 Å². The van der Waals surface area contributed by atoms with Gasteiger partial charge in [0.25, 0.3) is 5.56 Å². The first-order valence-electron chi connectivity index (χ1n) is 11.5. The topological polar surface area (TPSA) is 34.4 Å². The highest BCUT2D eigenvalue weighted by atomic mass is 32.2. The van der Waals surface area contributed by atoms with Crippen molar-refractivity contribution in [2.24, 2.45) is 4.99 Å². The summed E-state index contributed by atoms with van der Waals surface area (Å²) in [5.41, 5.74) is 6.05. The fraction of sp³-hybridized carbons (Fsp3) is 0.214. The Labute approximate surface area is 211 Å². The van der Waals surface area contributed by atoms with Crippen LogP contribution in [0.15, 0.2) is 97.1 Å². The average Bonchev–Trinajstić information content (AvgIpc) is 3.37. The Balaban J connectivity index is 1.60. The minimum absolute atomic E-state index is 0.0841. The van der Waals surface area contributed by atoms with Crippen LogP contribution in [0.4, 0.5) is 0 Å². The molecule has 0 N–H and O–H groups in total. The standard InChI is InChI=1S/C28H24N2OS3/c1-17-18(2)33-27(32-17)25-26(31)30-24(20-12-7-4-8-13-20)22-15-9-14-21(23(22)29-28(30)34-25)16-19-10-5-3-6-11-19/h3-8,10-13,16,24H,9,14-15H2,1-2H3/b21-16+/t24-/m0/s1. The van der Waals surface area contributed by atoms with Crippen molar-refractivity contribution in [3.8, 4) is 0 Å². The average molecular weight is 501 g/mol. The molecule has 2 aliphatic heterocycles. The highest BCUT2D eigenvalue weighted by molar-refractivity contribution is 8.35. The van der Waals surface area contributed by atoms with Gasteiger partial charge in [0.1, 0.15) is 4.53 Å². The van der Waals surface area contributed by atoms with E-state index in [1.807, 2.05) is 16.7 Å². The van der Waals surface area contributed by atoms with Gasteiger partial charge < -0.3 is 0 Å². The molecule has 34 heavy (non-hydrogen) atoms. The molecule has 0 fully saturated rings. The molecular formula is C28H24N2OS3. The number of hydrogen-bond donors (Lipinski definition) is 0. The van der Waals surface area contributed by atoms with E-state index in [-0.39, 0.29) is 11.6 Å². The number of rotatable bonds is 2. The van der Waals surface area contributed by atoms with Gasteiger partial charge in [0.15, 0.2) is 4.80 Å². The largest absolute Gasteiger partial charge is 0.272 e. The minimum atomic E-state index is -0.104. The molecule has 1 aromatic heterocycles. The third kappa shape index (κ3) is 3.78. The van der Waals surface area contributed by atoms with Crippen molar-refractivity contribution in [3.63, 3.8) is 0 Å². The molecule has 6 rings (SSSR count). The van der Waals surface area contributed by atoms with Gasteiger partial charge in [-0.15, -0.1) is 0 Å². The van der Waals surface area contributed by atoms with Crippen LogP contribution in [-0.4, -0.2) is 4.57 Å². The predicted molar refractivity (Wildman–Crippen MR) is 146 cm³/mol. The van der Waals surface area contributed by atoms with E-state index in [4.69, 9.17) is 4.99 Å². The number of thioether (sulfide) groups is 2. The van der Waals surface area contributed by atoms with Crippen LogP contribution in [0.3, 0.4) is 0 Å². The van der Waals surface area contributed by atoms with Gasteiger partial charge in [-0.05, 0) is 71.3 Å². The van der Waals surface area contributed by atoms with Crippen LogP contribution < -0.4 is 14.9 Å². The first-order valence-corrected chi connectivity index (χ1v) is 14.0. The van der Waals surface area contributed by atoms with Gasteiger partial charge >= 0.3 is 0 Å². The van der Waals surface area contributed by atoms with Crippen LogP contribution in [0, 0.1) is 0 Å². The molecule has 0 bridgehead atoms. The Hall–Kier alpha value is -2.54. The molecule has 0 radical (unpaired) electrons. The second kappa shape index (κ2) is 8.91. The summed E-state index contributed by atoms with van der Waals surface area (Å²) in [6.45, 7) is 4.26. The summed E-state index contributed by atoms with van der Waals surface area (Å²) in [7, 11) is 0. The van der Waals surface area contributed by atoms with Crippen LogP contribution in [-0.2, 0) is 0 Å². The maximum Gasteiger partial charge on any atom is 0.272 e. The smallest absolute Gasteiger partial charge is 0.272 e. The van der Waals surface area contributed by atoms with E-state index in [1.165, 1.54) is 26.5 Å². The van der Waals surface area contributed by atoms with Crippen LogP contribution in [0.5, 0.6) is 0 Å².